The van der Waals surface area contributed by atoms with E-state index in [4.69, 9.17) is 25.1 Å². The van der Waals surface area contributed by atoms with E-state index in [-0.39, 0.29) is 5.91 Å². The number of pyridine rings is 1. The van der Waals surface area contributed by atoms with Crippen molar-refractivity contribution in [3.63, 3.8) is 0 Å². The van der Waals surface area contributed by atoms with E-state index < -0.39 is 18.2 Å². The lowest BCUT2D eigenvalue weighted by Gasteiger charge is -2.21. The van der Waals surface area contributed by atoms with Crippen molar-refractivity contribution in [1.29, 1.82) is 0 Å². The molecule has 0 fully saturated rings. The minimum absolute atomic E-state index is 0.164. The van der Waals surface area contributed by atoms with Crippen LogP contribution in [-0.2, 0) is 16.1 Å². The molecule has 0 saturated heterocycles. The number of carbonyl (C=O) groups excluding carboxylic acids is 1. The van der Waals surface area contributed by atoms with Crippen molar-refractivity contribution in [1.82, 2.24) is 10.3 Å². The molecule has 41 heavy (non-hydrogen) atoms. The highest BCUT2D eigenvalue weighted by Gasteiger charge is 2.38. The Morgan fingerprint density at radius 1 is 1.00 bits per heavy atom. The number of halogens is 3. The van der Waals surface area contributed by atoms with Gasteiger partial charge in [-0.2, -0.15) is 13.2 Å². The number of carboxylic acids is 1. The fourth-order valence-electron chi connectivity index (χ4n) is 3.90. The zero-order valence-corrected chi connectivity index (χ0v) is 22.5. The summed E-state index contributed by atoms with van der Waals surface area (Å²) in [6, 6.07) is 20.5. The van der Waals surface area contributed by atoms with Gasteiger partial charge < -0.3 is 30.9 Å². The highest BCUT2D eigenvalue weighted by atomic mass is 19.4. The van der Waals surface area contributed by atoms with Crippen LogP contribution >= 0.6 is 0 Å². The lowest BCUT2D eigenvalue weighted by molar-refractivity contribution is -0.192. The van der Waals surface area contributed by atoms with Gasteiger partial charge in [0.2, 0.25) is 5.91 Å². The van der Waals surface area contributed by atoms with Gasteiger partial charge in [0, 0.05) is 23.8 Å². The molecule has 1 aromatic heterocycles. The summed E-state index contributed by atoms with van der Waals surface area (Å²) in [5.41, 5.74) is 9.70. The van der Waals surface area contributed by atoms with Gasteiger partial charge >= 0.3 is 12.1 Å². The first-order valence-corrected chi connectivity index (χ1v) is 12.2. The molecule has 1 amide bonds. The van der Waals surface area contributed by atoms with Crippen molar-refractivity contribution in [2.75, 3.05) is 25.3 Å². The number of hydrogen-bond acceptors (Lipinski definition) is 7. The number of nitrogens with one attached hydrogen (secondary N) is 2. The molecular formula is C29H29F3N4O5. The van der Waals surface area contributed by atoms with Gasteiger partial charge in [-0.15, -0.1) is 0 Å². The molecule has 12 heteroatoms. The fourth-order valence-corrected chi connectivity index (χ4v) is 3.90. The highest BCUT2D eigenvalue weighted by Crippen LogP contribution is 2.32. The number of methoxy groups -OCH3 is 2. The monoisotopic (exact) mass is 570 g/mol. The normalized spacial score (nSPS) is 11.6. The predicted octanol–water partition coefficient (Wildman–Crippen LogP) is 5.25. The minimum atomic E-state index is -5.08. The smallest absolute Gasteiger partial charge is 0.490 e. The maximum Gasteiger partial charge on any atom is 0.490 e. The average Bonchev–Trinajstić information content (AvgIpc) is 2.94. The van der Waals surface area contributed by atoms with Crippen molar-refractivity contribution >= 4 is 34.2 Å². The lowest BCUT2D eigenvalue weighted by Crippen LogP contribution is -2.33. The van der Waals surface area contributed by atoms with Crippen LogP contribution in [0.4, 0.5) is 24.7 Å². The van der Waals surface area contributed by atoms with Gasteiger partial charge in [0.25, 0.3) is 0 Å². The molecule has 0 aliphatic rings. The number of aliphatic carboxylic acids is 1. The van der Waals surface area contributed by atoms with E-state index in [0.717, 1.165) is 33.2 Å². The number of aromatic nitrogens is 1. The molecule has 1 atom stereocenters. The van der Waals surface area contributed by atoms with E-state index >= 15 is 0 Å². The van der Waals surface area contributed by atoms with Crippen molar-refractivity contribution in [3.05, 3.63) is 89.6 Å². The first-order chi connectivity index (χ1) is 19.4. The SMILES string of the molecule is COc1ccc(C(Nc2ccc3c(N)nccc3c2)C(=O)NCc2cccc(C)c2)cc1OC.O=C(O)C(F)(F)F. The summed E-state index contributed by atoms with van der Waals surface area (Å²) < 4.78 is 42.6. The molecule has 4 rings (SSSR count). The molecular weight excluding hydrogens is 541 g/mol. The van der Waals surface area contributed by atoms with E-state index in [9.17, 15) is 18.0 Å². The Hall–Kier alpha value is -5.00. The van der Waals surface area contributed by atoms with Crippen molar-refractivity contribution in [2.24, 2.45) is 0 Å². The Kier molecular flexibility index (Phi) is 9.96. The predicted molar refractivity (Wildman–Crippen MR) is 149 cm³/mol. The Morgan fingerprint density at radius 2 is 1.71 bits per heavy atom. The van der Waals surface area contributed by atoms with Crippen LogP contribution in [-0.4, -0.2) is 42.4 Å². The number of carbonyl (C=O) groups is 2. The number of rotatable bonds is 8. The van der Waals surface area contributed by atoms with Crippen LogP contribution in [0.15, 0.2) is 72.9 Å². The summed E-state index contributed by atoms with van der Waals surface area (Å²) >= 11 is 0. The molecule has 216 valence electrons. The number of benzene rings is 3. The molecule has 9 nitrogen and oxygen atoms in total. The zero-order chi connectivity index (χ0) is 30.2. The van der Waals surface area contributed by atoms with Gasteiger partial charge in [-0.3, -0.25) is 4.79 Å². The highest BCUT2D eigenvalue weighted by molar-refractivity contribution is 5.94. The number of anilines is 2. The van der Waals surface area contributed by atoms with Gasteiger partial charge in [-0.05, 0) is 59.8 Å². The number of nitrogen functional groups attached to an aromatic ring is 1. The fraction of sp³-hybridized carbons (Fsp3) is 0.207. The molecule has 1 heterocycles. The molecule has 0 radical (unpaired) electrons. The third-order valence-corrected chi connectivity index (χ3v) is 5.90. The van der Waals surface area contributed by atoms with Crippen LogP contribution in [0.2, 0.25) is 0 Å². The summed E-state index contributed by atoms with van der Waals surface area (Å²) in [6.07, 6.45) is -3.41. The maximum atomic E-state index is 13.4. The third-order valence-electron chi connectivity index (χ3n) is 5.90. The summed E-state index contributed by atoms with van der Waals surface area (Å²) in [7, 11) is 3.15. The minimum Gasteiger partial charge on any atom is -0.493 e. The summed E-state index contributed by atoms with van der Waals surface area (Å²) in [4.78, 5) is 26.4. The van der Waals surface area contributed by atoms with Crippen LogP contribution < -0.4 is 25.8 Å². The van der Waals surface area contributed by atoms with Crippen molar-refractivity contribution in [3.8, 4) is 11.5 Å². The standard InChI is InChI=1S/C27H28N4O3.C2HF3O2/c1-17-5-4-6-18(13-17)16-30-27(32)25(20-7-10-23(33-2)24(15-20)34-3)31-21-8-9-22-19(14-21)11-12-29-26(22)28;3-2(4,5)1(6)7/h4-15,25,31H,16H2,1-3H3,(H2,28,29)(H,30,32);(H,6,7). The molecule has 0 spiro atoms. The summed E-state index contributed by atoms with van der Waals surface area (Å²) in [6.45, 7) is 2.45. The molecule has 5 N–H and O–H groups in total. The van der Waals surface area contributed by atoms with Crippen molar-refractivity contribution < 1.29 is 37.3 Å². The molecule has 0 bridgehead atoms. The van der Waals surface area contributed by atoms with E-state index in [1.807, 2.05) is 61.5 Å². The van der Waals surface area contributed by atoms with Gasteiger partial charge in [0.1, 0.15) is 11.9 Å². The Labute approximate surface area is 234 Å². The largest absolute Gasteiger partial charge is 0.493 e. The van der Waals surface area contributed by atoms with E-state index in [1.54, 1.807) is 26.5 Å². The van der Waals surface area contributed by atoms with E-state index in [2.05, 4.69) is 21.7 Å². The quantitative estimate of drug-likeness (QED) is 0.226. The number of aryl methyl sites for hydroxylation is 1. The van der Waals surface area contributed by atoms with Gasteiger partial charge in [0.05, 0.1) is 14.2 Å². The van der Waals surface area contributed by atoms with Crippen molar-refractivity contribution in [2.45, 2.75) is 25.7 Å². The third kappa shape index (κ3) is 8.24. The topological polar surface area (TPSA) is 136 Å². The van der Waals surface area contributed by atoms with Gasteiger partial charge in [0.15, 0.2) is 11.5 Å². The lowest BCUT2D eigenvalue weighted by atomic mass is 10.0. The van der Waals surface area contributed by atoms with Gasteiger partial charge in [-0.25, -0.2) is 9.78 Å². The molecule has 4 aromatic rings. The van der Waals surface area contributed by atoms with Crippen LogP contribution in [0.3, 0.4) is 0 Å². The maximum absolute atomic E-state index is 13.4. The molecule has 0 aliphatic heterocycles. The number of hydrogen-bond donors (Lipinski definition) is 4. The van der Waals surface area contributed by atoms with Gasteiger partial charge in [-0.1, -0.05) is 35.9 Å². The first-order valence-electron chi connectivity index (χ1n) is 12.2. The summed E-state index contributed by atoms with van der Waals surface area (Å²) in [5, 5.41) is 15.3. The van der Waals surface area contributed by atoms with E-state index in [1.165, 1.54) is 0 Å². The number of nitrogens with zero attached hydrogens (tertiary/aromatic N) is 1. The van der Waals surface area contributed by atoms with E-state index in [0.29, 0.717) is 23.9 Å². The Bertz CT molecular complexity index is 1530. The second-order valence-corrected chi connectivity index (χ2v) is 8.83. The zero-order valence-electron chi connectivity index (χ0n) is 22.5. The van der Waals surface area contributed by atoms with Crippen LogP contribution in [0.25, 0.3) is 10.8 Å². The number of carboxylic acid groups (broad SMARTS) is 1. The molecule has 3 aromatic carbocycles. The Morgan fingerprint density at radius 3 is 2.34 bits per heavy atom. The van der Waals surface area contributed by atoms with Crippen LogP contribution in [0.5, 0.6) is 11.5 Å². The van der Waals surface area contributed by atoms with Crippen LogP contribution in [0, 0.1) is 6.92 Å². The van der Waals surface area contributed by atoms with Crippen LogP contribution in [0.1, 0.15) is 22.7 Å². The average molecular weight is 571 g/mol. The first kappa shape index (κ1) is 30.5. The molecule has 0 saturated carbocycles. The Balaban J connectivity index is 0.000000587. The summed E-state index contributed by atoms with van der Waals surface area (Å²) in [5.74, 6) is -1.30. The number of amides is 1. The number of nitrogens with two attached hydrogens (primary N) is 1. The number of alkyl halides is 3. The second-order valence-electron chi connectivity index (χ2n) is 8.83. The number of ether oxygens (including phenoxy) is 2. The molecule has 1 unspecified atom stereocenters. The molecule has 0 aliphatic carbocycles. The second kappa shape index (κ2) is 13.4. The number of fused-ring (bicyclic) bond motifs is 1.